The van der Waals surface area contributed by atoms with Gasteiger partial charge in [-0.3, -0.25) is 14.9 Å². The summed E-state index contributed by atoms with van der Waals surface area (Å²) in [5.74, 6) is 0.436. The van der Waals surface area contributed by atoms with Crippen LogP contribution in [-0.4, -0.2) is 55.6 Å². The maximum atomic E-state index is 12.4. The largest absolute Gasteiger partial charge is 0.490 e. The lowest BCUT2D eigenvalue weighted by molar-refractivity contribution is -0.385. The number of benzene rings is 1. The van der Waals surface area contributed by atoms with Gasteiger partial charge in [-0.15, -0.1) is 0 Å². The zero-order chi connectivity index (χ0) is 17.9. The molecule has 2 fully saturated rings. The molecular formula is C17H23N3O5. The molecule has 1 amide bonds. The predicted molar refractivity (Wildman–Crippen MR) is 90.9 cm³/mol. The monoisotopic (exact) mass is 349 g/mol. The van der Waals surface area contributed by atoms with Gasteiger partial charge in [-0.2, -0.15) is 0 Å². The minimum Gasteiger partial charge on any atom is -0.490 e. The average molecular weight is 349 g/mol. The fraction of sp³-hybridized carbons (Fsp3) is 0.588. The third-order valence-electron chi connectivity index (χ3n) is 5.22. The van der Waals surface area contributed by atoms with E-state index in [0.29, 0.717) is 11.2 Å². The van der Waals surface area contributed by atoms with E-state index < -0.39 is 4.92 Å². The maximum absolute atomic E-state index is 12.4. The molecule has 25 heavy (non-hydrogen) atoms. The Morgan fingerprint density at radius 3 is 2.72 bits per heavy atom. The van der Waals surface area contributed by atoms with E-state index in [1.54, 1.807) is 0 Å². The van der Waals surface area contributed by atoms with E-state index in [9.17, 15) is 14.9 Å². The van der Waals surface area contributed by atoms with Crippen molar-refractivity contribution in [2.24, 2.45) is 5.41 Å². The van der Waals surface area contributed by atoms with E-state index in [4.69, 9.17) is 9.47 Å². The predicted octanol–water partition coefficient (Wildman–Crippen LogP) is 1.58. The Bertz CT molecular complexity index is 648. The Morgan fingerprint density at radius 2 is 2.12 bits per heavy atom. The lowest BCUT2D eigenvalue weighted by Crippen LogP contribution is -2.45. The van der Waals surface area contributed by atoms with Crippen molar-refractivity contribution in [1.29, 1.82) is 0 Å². The van der Waals surface area contributed by atoms with Crippen molar-refractivity contribution in [3.8, 4) is 11.5 Å². The number of nitrogens with one attached hydrogen (secondary N) is 1. The summed E-state index contributed by atoms with van der Waals surface area (Å²) >= 11 is 0. The van der Waals surface area contributed by atoms with Gasteiger partial charge in [0.15, 0.2) is 6.61 Å². The number of rotatable bonds is 5. The zero-order valence-electron chi connectivity index (χ0n) is 14.3. The minimum atomic E-state index is -0.519. The summed E-state index contributed by atoms with van der Waals surface area (Å²) in [6.07, 6.45) is 3.24. The van der Waals surface area contributed by atoms with Crippen molar-refractivity contribution in [2.45, 2.75) is 19.3 Å². The molecule has 0 unspecified atom stereocenters. The molecule has 8 nitrogen and oxygen atoms in total. The van der Waals surface area contributed by atoms with Crippen LogP contribution in [0.25, 0.3) is 0 Å². The Labute approximate surface area is 146 Å². The van der Waals surface area contributed by atoms with Gasteiger partial charge in [-0.1, -0.05) is 0 Å². The molecule has 136 valence electrons. The number of hydrogen-bond donors (Lipinski definition) is 1. The Morgan fingerprint density at radius 1 is 1.36 bits per heavy atom. The van der Waals surface area contributed by atoms with Crippen LogP contribution in [0.3, 0.4) is 0 Å². The summed E-state index contributed by atoms with van der Waals surface area (Å²) in [5, 5.41) is 14.3. The molecule has 0 aromatic heterocycles. The smallest absolute Gasteiger partial charge is 0.311 e. The first kappa shape index (κ1) is 17.5. The molecule has 0 atom stereocenters. The maximum Gasteiger partial charge on any atom is 0.311 e. The van der Waals surface area contributed by atoms with E-state index in [0.717, 1.165) is 39.0 Å². The topological polar surface area (TPSA) is 93.9 Å². The van der Waals surface area contributed by atoms with Gasteiger partial charge < -0.3 is 19.7 Å². The molecule has 1 aromatic rings. The van der Waals surface area contributed by atoms with Crippen molar-refractivity contribution in [1.82, 2.24) is 10.2 Å². The van der Waals surface area contributed by atoms with Crippen LogP contribution in [0, 0.1) is 15.5 Å². The van der Waals surface area contributed by atoms with E-state index in [2.05, 4.69) is 5.32 Å². The standard InChI is InChI=1S/C17H23N3O5/c1-24-15-10-13(2-3-14(15)20(22)23)25-11-16(21)19-8-5-17(6-9-19)4-7-18-12-17/h2-3,10,18H,4-9,11-12H2,1H3. The van der Waals surface area contributed by atoms with Gasteiger partial charge in [0.1, 0.15) is 5.75 Å². The lowest BCUT2D eigenvalue weighted by Gasteiger charge is -2.38. The molecule has 1 aromatic carbocycles. The molecule has 2 aliphatic rings. The summed E-state index contributed by atoms with van der Waals surface area (Å²) < 4.78 is 10.5. The number of nitrogens with zero attached hydrogens (tertiary/aromatic N) is 2. The van der Waals surface area contributed by atoms with Crippen LogP contribution in [0.1, 0.15) is 19.3 Å². The number of carbonyl (C=O) groups is 1. The number of ether oxygens (including phenoxy) is 2. The van der Waals surface area contributed by atoms with Gasteiger partial charge in [0.25, 0.3) is 5.91 Å². The van der Waals surface area contributed by atoms with E-state index >= 15 is 0 Å². The highest BCUT2D eigenvalue weighted by Crippen LogP contribution is 2.37. The molecule has 0 bridgehead atoms. The van der Waals surface area contributed by atoms with Crippen LogP contribution in [0.15, 0.2) is 18.2 Å². The van der Waals surface area contributed by atoms with Gasteiger partial charge in [0.05, 0.1) is 12.0 Å². The molecule has 2 heterocycles. The SMILES string of the molecule is COc1cc(OCC(=O)N2CCC3(CCNC3)CC2)ccc1[N+](=O)[O-]. The second-order valence-corrected chi connectivity index (χ2v) is 6.69. The summed E-state index contributed by atoms with van der Waals surface area (Å²) in [7, 11) is 1.36. The van der Waals surface area contributed by atoms with Gasteiger partial charge in [-0.25, -0.2) is 0 Å². The van der Waals surface area contributed by atoms with Crippen molar-refractivity contribution in [2.75, 3.05) is 39.9 Å². The van der Waals surface area contributed by atoms with Gasteiger partial charge in [-0.05, 0) is 37.3 Å². The first-order valence-electron chi connectivity index (χ1n) is 8.47. The van der Waals surface area contributed by atoms with Crippen LogP contribution in [0.2, 0.25) is 0 Å². The molecule has 3 rings (SSSR count). The molecular weight excluding hydrogens is 326 g/mol. The molecule has 1 spiro atoms. The van der Waals surface area contributed by atoms with Crippen molar-refractivity contribution < 1.29 is 19.2 Å². The number of nitro benzene ring substituents is 1. The normalized spacial score (nSPS) is 19.0. The molecule has 0 aliphatic carbocycles. The number of likely N-dealkylation sites (tertiary alicyclic amines) is 1. The van der Waals surface area contributed by atoms with Crippen molar-refractivity contribution in [3.05, 3.63) is 28.3 Å². The average Bonchev–Trinajstić information content (AvgIpc) is 3.07. The quantitative estimate of drug-likeness (QED) is 0.641. The highest BCUT2D eigenvalue weighted by Gasteiger charge is 2.38. The summed E-state index contributed by atoms with van der Waals surface area (Å²) in [5.41, 5.74) is 0.233. The van der Waals surface area contributed by atoms with Crippen LogP contribution in [-0.2, 0) is 4.79 Å². The van der Waals surface area contributed by atoms with Crippen LogP contribution in [0.4, 0.5) is 5.69 Å². The van der Waals surface area contributed by atoms with Gasteiger partial charge in [0.2, 0.25) is 5.75 Å². The molecule has 2 saturated heterocycles. The van der Waals surface area contributed by atoms with E-state index in [1.807, 2.05) is 4.90 Å². The van der Waals surface area contributed by atoms with Crippen LogP contribution >= 0.6 is 0 Å². The number of piperidine rings is 1. The molecule has 2 aliphatic heterocycles. The number of nitro groups is 1. The second-order valence-electron chi connectivity index (χ2n) is 6.69. The van der Waals surface area contributed by atoms with Gasteiger partial charge >= 0.3 is 5.69 Å². The lowest BCUT2D eigenvalue weighted by atomic mass is 9.78. The third-order valence-corrected chi connectivity index (χ3v) is 5.22. The fourth-order valence-corrected chi connectivity index (χ4v) is 3.59. The first-order chi connectivity index (χ1) is 12.0. The highest BCUT2D eigenvalue weighted by molar-refractivity contribution is 5.78. The summed E-state index contributed by atoms with van der Waals surface area (Å²) in [6, 6.07) is 4.22. The van der Waals surface area contributed by atoms with E-state index in [-0.39, 0.29) is 24.0 Å². The number of amides is 1. The summed E-state index contributed by atoms with van der Waals surface area (Å²) in [6.45, 7) is 3.56. The summed E-state index contributed by atoms with van der Waals surface area (Å²) in [4.78, 5) is 24.6. The van der Waals surface area contributed by atoms with Crippen LogP contribution in [0.5, 0.6) is 11.5 Å². The van der Waals surface area contributed by atoms with Gasteiger partial charge in [0, 0.05) is 31.8 Å². The number of hydrogen-bond acceptors (Lipinski definition) is 6. The minimum absolute atomic E-state index is 0.0573. The second kappa shape index (κ2) is 7.26. The Kier molecular flexibility index (Phi) is 5.08. The van der Waals surface area contributed by atoms with Crippen LogP contribution < -0.4 is 14.8 Å². The Hall–Kier alpha value is -2.35. The Balaban J connectivity index is 1.53. The molecule has 8 heteroatoms. The molecule has 0 radical (unpaired) electrons. The van der Waals surface area contributed by atoms with E-state index in [1.165, 1.54) is 31.7 Å². The highest BCUT2D eigenvalue weighted by atomic mass is 16.6. The van der Waals surface area contributed by atoms with Crippen molar-refractivity contribution in [3.63, 3.8) is 0 Å². The molecule has 1 N–H and O–H groups in total. The zero-order valence-corrected chi connectivity index (χ0v) is 14.3. The van der Waals surface area contributed by atoms with Crippen molar-refractivity contribution >= 4 is 11.6 Å². The number of carbonyl (C=O) groups excluding carboxylic acids is 1. The molecule has 0 saturated carbocycles. The third kappa shape index (κ3) is 3.84. The first-order valence-corrected chi connectivity index (χ1v) is 8.47. The number of methoxy groups -OCH3 is 1. The fourth-order valence-electron chi connectivity index (χ4n) is 3.59.